The minimum Gasteiger partial charge on any atom is -0.379 e. The zero-order valence-electron chi connectivity index (χ0n) is 8.07. The van der Waals surface area contributed by atoms with Gasteiger partial charge in [-0.15, -0.1) is 0 Å². The number of benzene rings is 1. The average molecular weight is 227 g/mol. The smallest absolute Gasteiger partial charge is 0.379 e. The van der Waals surface area contributed by atoms with Crippen LogP contribution in [0.1, 0.15) is 11.7 Å². The van der Waals surface area contributed by atoms with Crippen molar-refractivity contribution in [1.82, 2.24) is 4.98 Å². The molecule has 1 aromatic carbocycles. The maximum Gasteiger partial charge on any atom is 0.418 e. The number of nitrogens with zero attached hydrogens (tertiary/aromatic N) is 1. The predicted octanol–water partition coefficient (Wildman–Crippen LogP) is 2.83. The topological polar surface area (TPSA) is 33.1 Å². The van der Waals surface area contributed by atoms with Gasteiger partial charge in [0.1, 0.15) is 0 Å². The van der Waals surface area contributed by atoms with E-state index in [9.17, 15) is 13.2 Å². The van der Waals surface area contributed by atoms with Crippen molar-refractivity contribution < 1.29 is 18.3 Å². The van der Waals surface area contributed by atoms with Crippen LogP contribution < -0.4 is 0 Å². The normalized spacial score (nSPS) is 14.0. The van der Waals surface area contributed by atoms with E-state index >= 15 is 0 Å². The number of para-hydroxylation sites is 1. The van der Waals surface area contributed by atoms with Gasteiger partial charge in [0.25, 0.3) is 0 Å². The van der Waals surface area contributed by atoms with Crippen LogP contribution in [0.2, 0.25) is 0 Å². The molecule has 5 heteroatoms. The van der Waals surface area contributed by atoms with Gasteiger partial charge in [0.15, 0.2) is 6.10 Å². The molecule has 1 aromatic heterocycles. The number of rotatable bonds is 1. The summed E-state index contributed by atoms with van der Waals surface area (Å²) in [7, 11) is 0. The van der Waals surface area contributed by atoms with Crippen molar-refractivity contribution in [2.75, 3.05) is 0 Å². The highest BCUT2D eigenvalue weighted by Crippen LogP contribution is 2.32. The Morgan fingerprint density at radius 1 is 1.19 bits per heavy atom. The van der Waals surface area contributed by atoms with Gasteiger partial charge in [-0.2, -0.15) is 13.2 Å². The summed E-state index contributed by atoms with van der Waals surface area (Å²) >= 11 is 0. The molecule has 84 valence electrons. The molecular formula is C11H8F3NO. The van der Waals surface area contributed by atoms with Crippen molar-refractivity contribution in [3.05, 3.63) is 42.1 Å². The number of hydrogen-bond acceptors (Lipinski definition) is 2. The molecule has 0 saturated heterocycles. The predicted molar refractivity (Wildman–Crippen MR) is 52.8 cm³/mol. The lowest BCUT2D eigenvalue weighted by molar-refractivity contribution is -0.206. The molecule has 2 aromatic rings. The van der Waals surface area contributed by atoms with Gasteiger partial charge in [-0.3, -0.25) is 4.98 Å². The molecule has 0 amide bonds. The molecule has 0 aliphatic carbocycles. The SMILES string of the molecule is O[C@H](c1cnc2ccccc2c1)C(F)(F)F. The highest BCUT2D eigenvalue weighted by atomic mass is 19.4. The van der Waals surface area contributed by atoms with Crippen LogP contribution in [0.25, 0.3) is 10.9 Å². The third kappa shape index (κ3) is 1.99. The molecule has 0 unspecified atom stereocenters. The Hall–Kier alpha value is -1.62. The number of aliphatic hydroxyl groups is 1. The number of hydrogen-bond donors (Lipinski definition) is 1. The van der Waals surface area contributed by atoms with E-state index in [2.05, 4.69) is 4.98 Å². The van der Waals surface area contributed by atoms with E-state index in [1.807, 2.05) is 0 Å². The van der Waals surface area contributed by atoms with E-state index in [0.29, 0.717) is 10.9 Å². The number of alkyl halides is 3. The van der Waals surface area contributed by atoms with Crippen LogP contribution in [0.3, 0.4) is 0 Å². The zero-order chi connectivity index (χ0) is 11.8. The zero-order valence-corrected chi connectivity index (χ0v) is 8.07. The summed E-state index contributed by atoms with van der Waals surface area (Å²) in [5, 5.41) is 9.62. The van der Waals surface area contributed by atoms with Gasteiger partial charge in [0, 0.05) is 17.1 Å². The van der Waals surface area contributed by atoms with E-state index < -0.39 is 12.3 Å². The Balaban J connectivity index is 2.47. The molecule has 1 atom stereocenters. The van der Waals surface area contributed by atoms with Crippen LogP contribution in [0.4, 0.5) is 13.2 Å². The fraction of sp³-hybridized carbons (Fsp3) is 0.182. The van der Waals surface area contributed by atoms with E-state index in [4.69, 9.17) is 5.11 Å². The molecule has 2 nitrogen and oxygen atoms in total. The van der Waals surface area contributed by atoms with Gasteiger partial charge in [-0.05, 0) is 12.1 Å². The Morgan fingerprint density at radius 2 is 1.88 bits per heavy atom. The number of halogens is 3. The summed E-state index contributed by atoms with van der Waals surface area (Å²) < 4.78 is 36.8. The van der Waals surface area contributed by atoms with Gasteiger partial charge in [0.2, 0.25) is 0 Å². The van der Waals surface area contributed by atoms with Crippen LogP contribution in [0, 0.1) is 0 Å². The third-order valence-corrected chi connectivity index (χ3v) is 2.24. The monoisotopic (exact) mass is 227 g/mol. The summed E-state index contributed by atoms with van der Waals surface area (Å²) in [5.41, 5.74) is 0.354. The lowest BCUT2D eigenvalue weighted by atomic mass is 10.1. The average Bonchev–Trinajstić information content (AvgIpc) is 2.26. The van der Waals surface area contributed by atoms with E-state index in [-0.39, 0.29) is 5.56 Å². The van der Waals surface area contributed by atoms with Gasteiger partial charge < -0.3 is 5.11 Å². The molecule has 0 aliphatic rings. The van der Waals surface area contributed by atoms with Crippen molar-refractivity contribution in [3.8, 4) is 0 Å². The second kappa shape index (κ2) is 3.75. The first-order valence-corrected chi connectivity index (χ1v) is 4.58. The van der Waals surface area contributed by atoms with Gasteiger partial charge in [-0.25, -0.2) is 0 Å². The van der Waals surface area contributed by atoms with E-state index in [1.165, 1.54) is 6.07 Å². The summed E-state index contributed by atoms with van der Waals surface area (Å²) in [6.45, 7) is 0. The number of fused-ring (bicyclic) bond motifs is 1. The molecule has 2 rings (SSSR count). The first-order chi connectivity index (χ1) is 7.48. The first-order valence-electron chi connectivity index (χ1n) is 4.58. The van der Waals surface area contributed by atoms with E-state index in [1.54, 1.807) is 24.3 Å². The largest absolute Gasteiger partial charge is 0.418 e. The van der Waals surface area contributed by atoms with Gasteiger partial charge in [0.05, 0.1) is 5.52 Å². The molecule has 0 bridgehead atoms. The Kier molecular flexibility index (Phi) is 2.55. The Morgan fingerprint density at radius 3 is 2.56 bits per heavy atom. The number of pyridine rings is 1. The van der Waals surface area contributed by atoms with E-state index in [0.717, 1.165) is 6.20 Å². The van der Waals surface area contributed by atoms with Crippen molar-refractivity contribution >= 4 is 10.9 Å². The Labute approximate surface area is 89.4 Å². The van der Waals surface area contributed by atoms with Crippen molar-refractivity contribution in [2.24, 2.45) is 0 Å². The second-order valence-corrected chi connectivity index (χ2v) is 3.41. The number of aliphatic hydroxyl groups excluding tert-OH is 1. The highest BCUT2D eigenvalue weighted by molar-refractivity contribution is 5.78. The molecule has 0 radical (unpaired) electrons. The summed E-state index contributed by atoms with van der Waals surface area (Å²) in [6, 6.07) is 8.08. The first kappa shape index (κ1) is 10.9. The molecule has 0 fully saturated rings. The molecular weight excluding hydrogens is 219 g/mol. The quantitative estimate of drug-likeness (QED) is 0.812. The van der Waals surface area contributed by atoms with Crippen LogP contribution in [-0.4, -0.2) is 16.3 Å². The van der Waals surface area contributed by atoms with Crippen LogP contribution in [0.5, 0.6) is 0 Å². The summed E-state index contributed by atoms with van der Waals surface area (Å²) in [4.78, 5) is 3.86. The molecule has 1 N–H and O–H groups in total. The van der Waals surface area contributed by atoms with Crippen molar-refractivity contribution in [3.63, 3.8) is 0 Å². The van der Waals surface area contributed by atoms with Crippen molar-refractivity contribution in [1.29, 1.82) is 0 Å². The Bertz CT molecular complexity index is 510. The summed E-state index contributed by atoms with van der Waals surface area (Å²) in [6.07, 6.45) is -6.10. The molecule has 0 aliphatic heterocycles. The molecule has 1 heterocycles. The van der Waals surface area contributed by atoms with Crippen LogP contribution in [0.15, 0.2) is 36.5 Å². The fourth-order valence-corrected chi connectivity index (χ4v) is 1.43. The standard InChI is InChI=1S/C11H8F3NO/c12-11(13,14)10(16)8-5-7-3-1-2-4-9(7)15-6-8/h1-6,10,16H/t10-/m1/s1. The minimum absolute atomic E-state index is 0.244. The fourth-order valence-electron chi connectivity index (χ4n) is 1.43. The van der Waals surface area contributed by atoms with Crippen molar-refractivity contribution in [2.45, 2.75) is 12.3 Å². The minimum atomic E-state index is -4.66. The lowest BCUT2D eigenvalue weighted by Gasteiger charge is -2.14. The van der Waals surface area contributed by atoms with Gasteiger partial charge in [-0.1, -0.05) is 18.2 Å². The third-order valence-electron chi connectivity index (χ3n) is 2.24. The van der Waals surface area contributed by atoms with Crippen LogP contribution in [-0.2, 0) is 0 Å². The summed E-state index contributed by atoms with van der Waals surface area (Å²) in [5.74, 6) is 0. The maximum absolute atomic E-state index is 12.3. The highest BCUT2D eigenvalue weighted by Gasteiger charge is 2.39. The molecule has 0 spiro atoms. The number of aromatic nitrogens is 1. The lowest BCUT2D eigenvalue weighted by Crippen LogP contribution is -2.20. The molecule has 16 heavy (non-hydrogen) atoms. The van der Waals surface area contributed by atoms with Gasteiger partial charge >= 0.3 is 6.18 Å². The second-order valence-electron chi connectivity index (χ2n) is 3.41. The molecule has 0 saturated carbocycles. The maximum atomic E-state index is 12.3. The van der Waals surface area contributed by atoms with Crippen LogP contribution >= 0.6 is 0 Å².